The summed E-state index contributed by atoms with van der Waals surface area (Å²) in [6.45, 7) is 13.1. The summed E-state index contributed by atoms with van der Waals surface area (Å²) in [6, 6.07) is -0.681. The molecule has 0 saturated heterocycles. The molecule has 3 amide bonds. The van der Waals surface area contributed by atoms with Gasteiger partial charge in [-0.2, -0.15) is 0 Å². The van der Waals surface area contributed by atoms with Crippen LogP contribution >= 0.6 is 0 Å². The third-order valence-electron chi connectivity index (χ3n) is 4.99. The van der Waals surface area contributed by atoms with Gasteiger partial charge >= 0.3 is 0 Å². The van der Waals surface area contributed by atoms with Crippen LogP contribution in [0.4, 0.5) is 0 Å². The molecule has 2 N–H and O–H groups in total. The van der Waals surface area contributed by atoms with Gasteiger partial charge in [-0.05, 0) is 24.7 Å². The number of carbonyl (C=O) groups is 3. The van der Waals surface area contributed by atoms with E-state index in [-0.39, 0.29) is 18.1 Å². The number of hydrogen-bond acceptors (Lipinski definition) is 5. The topological polar surface area (TPSA) is 104 Å². The summed E-state index contributed by atoms with van der Waals surface area (Å²) in [5, 5.41) is 5.32. The van der Waals surface area contributed by atoms with Gasteiger partial charge in [0.05, 0.1) is 12.7 Å². The molecule has 1 aromatic heterocycles. The SMILES string of the molecule is CCC[C@H](C)CCN(CC)C(=O)C(NC(=O)CNC(=O)c1cnccn1)C(C)(C)C. The molecule has 8 heteroatoms. The molecule has 1 heterocycles. The first-order chi connectivity index (χ1) is 14.1. The molecule has 168 valence electrons. The van der Waals surface area contributed by atoms with Gasteiger partial charge in [-0.3, -0.25) is 19.4 Å². The quantitative estimate of drug-likeness (QED) is 0.573. The fraction of sp³-hybridized carbons (Fsp3) is 0.682. The van der Waals surface area contributed by atoms with Crippen LogP contribution in [0.25, 0.3) is 0 Å². The lowest BCUT2D eigenvalue weighted by molar-refractivity contribution is -0.139. The monoisotopic (exact) mass is 419 g/mol. The minimum atomic E-state index is -0.681. The minimum absolute atomic E-state index is 0.0951. The largest absolute Gasteiger partial charge is 0.342 e. The van der Waals surface area contributed by atoms with Crippen molar-refractivity contribution in [3.63, 3.8) is 0 Å². The number of amides is 3. The van der Waals surface area contributed by atoms with Crippen LogP contribution in [0.5, 0.6) is 0 Å². The molecule has 0 radical (unpaired) electrons. The number of nitrogens with zero attached hydrogens (tertiary/aromatic N) is 3. The van der Waals surface area contributed by atoms with E-state index >= 15 is 0 Å². The second-order valence-electron chi connectivity index (χ2n) is 8.74. The fourth-order valence-corrected chi connectivity index (χ4v) is 3.15. The summed E-state index contributed by atoms with van der Waals surface area (Å²) in [7, 11) is 0. The third kappa shape index (κ3) is 8.47. The van der Waals surface area contributed by atoms with E-state index in [1.54, 1.807) is 4.90 Å². The van der Waals surface area contributed by atoms with Gasteiger partial charge in [-0.25, -0.2) is 4.98 Å². The molecule has 0 saturated carbocycles. The van der Waals surface area contributed by atoms with Crippen LogP contribution in [0.1, 0.15) is 71.3 Å². The van der Waals surface area contributed by atoms with Crippen molar-refractivity contribution in [3.05, 3.63) is 24.3 Å². The maximum absolute atomic E-state index is 13.2. The smallest absolute Gasteiger partial charge is 0.271 e. The Kier molecular flexibility index (Phi) is 10.4. The first-order valence-corrected chi connectivity index (χ1v) is 10.7. The molecule has 2 atom stereocenters. The standard InChI is InChI=1S/C22H37N5O3/c1-7-9-16(3)10-13-27(8-2)21(30)19(22(4,5)6)26-18(28)15-25-20(29)17-14-23-11-12-24-17/h11-12,14,16,19H,7-10,13,15H2,1-6H3,(H,25,29)(H,26,28)/t16-,19?/m0/s1. The van der Waals surface area contributed by atoms with E-state index in [0.29, 0.717) is 19.0 Å². The summed E-state index contributed by atoms with van der Waals surface area (Å²) < 4.78 is 0. The van der Waals surface area contributed by atoms with Crippen molar-refractivity contribution in [1.82, 2.24) is 25.5 Å². The van der Waals surface area contributed by atoms with Gasteiger partial charge in [0.1, 0.15) is 11.7 Å². The second kappa shape index (κ2) is 12.2. The van der Waals surface area contributed by atoms with Crippen LogP contribution in [-0.2, 0) is 9.59 Å². The third-order valence-corrected chi connectivity index (χ3v) is 4.99. The van der Waals surface area contributed by atoms with Crippen LogP contribution in [0.3, 0.4) is 0 Å². The minimum Gasteiger partial charge on any atom is -0.342 e. The van der Waals surface area contributed by atoms with Gasteiger partial charge in [0, 0.05) is 25.5 Å². The highest BCUT2D eigenvalue weighted by Gasteiger charge is 2.35. The average molecular weight is 420 g/mol. The molecule has 0 aliphatic rings. The highest BCUT2D eigenvalue weighted by molar-refractivity contribution is 5.95. The molecule has 0 fully saturated rings. The van der Waals surface area contributed by atoms with E-state index in [1.807, 2.05) is 27.7 Å². The lowest BCUT2D eigenvalue weighted by atomic mass is 9.85. The molecule has 1 rings (SSSR count). The van der Waals surface area contributed by atoms with Crippen LogP contribution in [-0.4, -0.2) is 58.3 Å². The van der Waals surface area contributed by atoms with E-state index in [9.17, 15) is 14.4 Å². The van der Waals surface area contributed by atoms with Crippen LogP contribution in [0.15, 0.2) is 18.6 Å². The fourth-order valence-electron chi connectivity index (χ4n) is 3.15. The summed E-state index contributed by atoms with van der Waals surface area (Å²) in [5.41, 5.74) is -0.337. The average Bonchev–Trinajstić information content (AvgIpc) is 2.70. The zero-order chi connectivity index (χ0) is 22.7. The van der Waals surface area contributed by atoms with Crippen LogP contribution in [0.2, 0.25) is 0 Å². The Bertz CT molecular complexity index is 688. The van der Waals surface area contributed by atoms with E-state index in [2.05, 4.69) is 34.4 Å². The maximum Gasteiger partial charge on any atom is 0.271 e. The van der Waals surface area contributed by atoms with E-state index in [1.165, 1.54) is 18.6 Å². The zero-order valence-electron chi connectivity index (χ0n) is 19.2. The number of rotatable bonds is 11. The summed E-state index contributed by atoms with van der Waals surface area (Å²) in [6.07, 6.45) is 7.40. The summed E-state index contributed by atoms with van der Waals surface area (Å²) in [4.78, 5) is 47.3. The molecule has 0 spiro atoms. The molecular formula is C22H37N5O3. The number of aromatic nitrogens is 2. The molecule has 0 bridgehead atoms. The highest BCUT2D eigenvalue weighted by atomic mass is 16.2. The Hall–Kier alpha value is -2.51. The number of likely N-dealkylation sites (N-methyl/N-ethyl adjacent to an activating group) is 1. The first-order valence-electron chi connectivity index (χ1n) is 10.7. The Morgan fingerprint density at radius 3 is 2.37 bits per heavy atom. The Morgan fingerprint density at radius 1 is 1.13 bits per heavy atom. The maximum atomic E-state index is 13.2. The van der Waals surface area contributed by atoms with Crippen molar-refractivity contribution < 1.29 is 14.4 Å². The van der Waals surface area contributed by atoms with Crippen LogP contribution < -0.4 is 10.6 Å². The lowest BCUT2D eigenvalue weighted by Gasteiger charge is -2.35. The number of nitrogens with one attached hydrogen (secondary N) is 2. The van der Waals surface area contributed by atoms with Gasteiger partial charge in [-0.1, -0.05) is 47.5 Å². The Labute approximate surface area is 180 Å². The normalized spacial score (nSPS) is 13.3. The predicted molar refractivity (Wildman–Crippen MR) is 117 cm³/mol. The molecule has 0 aliphatic carbocycles. The van der Waals surface area contributed by atoms with E-state index in [4.69, 9.17) is 0 Å². The molecule has 8 nitrogen and oxygen atoms in total. The molecule has 0 aliphatic heterocycles. The van der Waals surface area contributed by atoms with Gasteiger partial charge in [0.25, 0.3) is 5.91 Å². The van der Waals surface area contributed by atoms with Gasteiger partial charge in [0.15, 0.2) is 0 Å². The second-order valence-corrected chi connectivity index (χ2v) is 8.74. The van der Waals surface area contributed by atoms with E-state index < -0.39 is 23.3 Å². The highest BCUT2D eigenvalue weighted by Crippen LogP contribution is 2.22. The summed E-state index contributed by atoms with van der Waals surface area (Å²) in [5.74, 6) is -0.453. The molecule has 0 aromatic carbocycles. The van der Waals surface area contributed by atoms with Gasteiger partial charge in [-0.15, -0.1) is 0 Å². The molecule has 30 heavy (non-hydrogen) atoms. The number of carbonyl (C=O) groups excluding carboxylic acids is 3. The lowest BCUT2D eigenvalue weighted by Crippen LogP contribution is -2.56. The Morgan fingerprint density at radius 2 is 1.83 bits per heavy atom. The van der Waals surface area contributed by atoms with Crippen molar-refractivity contribution in [2.45, 2.75) is 66.8 Å². The summed E-state index contributed by atoms with van der Waals surface area (Å²) >= 11 is 0. The van der Waals surface area contributed by atoms with Gasteiger partial charge < -0.3 is 15.5 Å². The van der Waals surface area contributed by atoms with Crippen molar-refractivity contribution >= 4 is 17.7 Å². The first kappa shape index (κ1) is 25.5. The Balaban J connectivity index is 2.72. The van der Waals surface area contributed by atoms with E-state index in [0.717, 1.165) is 19.3 Å². The zero-order valence-corrected chi connectivity index (χ0v) is 19.2. The van der Waals surface area contributed by atoms with Crippen molar-refractivity contribution in [2.24, 2.45) is 11.3 Å². The molecule has 1 unspecified atom stereocenters. The van der Waals surface area contributed by atoms with Crippen molar-refractivity contribution in [3.8, 4) is 0 Å². The molecular weight excluding hydrogens is 382 g/mol. The molecule has 1 aromatic rings. The van der Waals surface area contributed by atoms with Crippen molar-refractivity contribution in [2.75, 3.05) is 19.6 Å². The van der Waals surface area contributed by atoms with Crippen molar-refractivity contribution in [1.29, 1.82) is 0 Å². The number of hydrogen-bond donors (Lipinski definition) is 2. The van der Waals surface area contributed by atoms with Gasteiger partial charge in [0.2, 0.25) is 11.8 Å². The predicted octanol–water partition coefficient (Wildman–Crippen LogP) is 2.41. The van der Waals surface area contributed by atoms with Crippen LogP contribution in [0, 0.1) is 11.3 Å².